The Labute approximate surface area is 109 Å². The van der Waals surface area contributed by atoms with Crippen LogP contribution >= 0.6 is 11.8 Å². The molecular formula is C13H25N2OS. The fourth-order valence-electron chi connectivity index (χ4n) is 2.79. The van der Waals surface area contributed by atoms with E-state index >= 15 is 0 Å². The second-order valence-electron chi connectivity index (χ2n) is 5.22. The van der Waals surface area contributed by atoms with Gasteiger partial charge in [-0.25, -0.2) is 5.11 Å². The highest BCUT2D eigenvalue weighted by atomic mass is 32.2. The van der Waals surface area contributed by atoms with Crippen molar-refractivity contribution >= 4 is 11.8 Å². The first-order valence-electron chi connectivity index (χ1n) is 7.03. The Bertz CT molecular complexity index is 204. The molecule has 17 heavy (non-hydrogen) atoms. The van der Waals surface area contributed by atoms with Gasteiger partial charge in [-0.2, -0.15) is 11.8 Å². The highest BCUT2D eigenvalue weighted by Crippen LogP contribution is 2.20. The van der Waals surface area contributed by atoms with Crippen LogP contribution in [0.3, 0.4) is 0 Å². The predicted molar refractivity (Wildman–Crippen MR) is 73.1 cm³/mol. The monoisotopic (exact) mass is 257 g/mol. The number of rotatable bonds is 5. The quantitative estimate of drug-likeness (QED) is 0.813. The van der Waals surface area contributed by atoms with Crippen LogP contribution in [0.2, 0.25) is 0 Å². The van der Waals surface area contributed by atoms with Gasteiger partial charge in [0.05, 0.1) is 6.10 Å². The van der Waals surface area contributed by atoms with Gasteiger partial charge in [-0.3, -0.25) is 0 Å². The zero-order valence-corrected chi connectivity index (χ0v) is 11.5. The van der Waals surface area contributed by atoms with E-state index in [1.165, 1.54) is 24.6 Å². The molecule has 0 aliphatic carbocycles. The molecule has 2 rings (SSSR count). The third-order valence-corrected chi connectivity index (χ3v) is 4.92. The van der Waals surface area contributed by atoms with Crippen molar-refractivity contribution in [2.75, 3.05) is 44.2 Å². The summed E-state index contributed by atoms with van der Waals surface area (Å²) in [6.45, 7) is 5.69. The van der Waals surface area contributed by atoms with Gasteiger partial charge in [0.2, 0.25) is 0 Å². The van der Waals surface area contributed by atoms with Crippen molar-refractivity contribution in [1.29, 1.82) is 0 Å². The summed E-state index contributed by atoms with van der Waals surface area (Å²) in [4.78, 5) is 2.52. The van der Waals surface area contributed by atoms with E-state index in [9.17, 15) is 5.11 Å². The van der Waals surface area contributed by atoms with Crippen molar-refractivity contribution in [1.82, 2.24) is 10.2 Å². The molecule has 2 fully saturated rings. The maximum Gasteiger partial charge on any atom is 0.0959 e. The molecule has 1 unspecified atom stereocenters. The van der Waals surface area contributed by atoms with Gasteiger partial charge in [-0.15, -0.1) is 0 Å². The molecule has 0 aromatic heterocycles. The highest BCUT2D eigenvalue weighted by Gasteiger charge is 2.22. The van der Waals surface area contributed by atoms with Crippen LogP contribution in [0.15, 0.2) is 0 Å². The van der Waals surface area contributed by atoms with E-state index in [0.717, 1.165) is 45.3 Å². The Balaban J connectivity index is 1.57. The van der Waals surface area contributed by atoms with Crippen molar-refractivity contribution in [3.8, 4) is 0 Å². The molecule has 99 valence electrons. The minimum absolute atomic E-state index is 0.309. The largest absolute Gasteiger partial charge is 0.317 e. The number of hydrogen-bond acceptors (Lipinski definition) is 3. The molecule has 4 heteroatoms. The standard InChI is InChI=1S/C13H25N2OS/c16-13(12-3-5-14-6-4-12)2-1-7-15-8-10-17-11-9-15/h12-14H,1-11H2. The van der Waals surface area contributed by atoms with Crippen LogP contribution in [-0.2, 0) is 5.11 Å². The predicted octanol–water partition coefficient (Wildman–Crippen LogP) is 1.61. The van der Waals surface area contributed by atoms with Crippen molar-refractivity contribution in [3.63, 3.8) is 0 Å². The van der Waals surface area contributed by atoms with Gasteiger partial charge in [0.15, 0.2) is 0 Å². The van der Waals surface area contributed by atoms with Crippen molar-refractivity contribution in [2.45, 2.75) is 31.8 Å². The van der Waals surface area contributed by atoms with Crippen LogP contribution in [0.5, 0.6) is 0 Å². The molecule has 2 aliphatic rings. The first-order chi connectivity index (χ1) is 8.36. The lowest BCUT2D eigenvalue weighted by Crippen LogP contribution is -2.35. The molecule has 3 nitrogen and oxygen atoms in total. The molecule has 2 heterocycles. The Morgan fingerprint density at radius 2 is 1.94 bits per heavy atom. The molecule has 2 aliphatic heterocycles. The topological polar surface area (TPSA) is 35.2 Å². The minimum atomic E-state index is -0.309. The minimum Gasteiger partial charge on any atom is -0.317 e. The maximum atomic E-state index is 12.1. The van der Waals surface area contributed by atoms with Crippen molar-refractivity contribution in [2.24, 2.45) is 5.92 Å². The summed E-state index contributed by atoms with van der Waals surface area (Å²) >= 11 is 2.05. The molecule has 1 N–H and O–H groups in total. The van der Waals surface area contributed by atoms with Gasteiger partial charge in [0, 0.05) is 24.6 Å². The summed E-state index contributed by atoms with van der Waals surface area (Å²) < 4.78 is 0. The van der Waals surface area contributed by atoms with Gasteiger partial charge in [0.1, 0.15) is 0 Å². The van der Waals surface area contributed by atoms with Crippen LogP contribution < -0.4 is 5.32 Å². The van der Waals surface area contributed by atoms with Crippen LogP contribution in [0.25, 0.3) is 0 Å². The first kappa shape index (κ1) is 13.7. The van der Waals surface area contributed by atoms with E-state index in [-0.39, 0.29) is 6.10 Å². The van der Waals surface area contributed by atoms with E-state index in [4.69, 9.17) is 0 Å². The third-order valence-electron chi connectivity index (χ3n) is 3.98. The highest BCUT2D eigenvalue weighted by molar-refractivity contribution is 7.99. The first-order valence-corrected chi connectivity index (χ1v) is 8.18. The molecule has 0 spiro atoms. The summed E-state index contributed by atoms with van der Waals surface area (Å²) in [6.07, 6.45) is 3.86. The Morgan fingerprint density at radius 1 is 1.24 bits per heavy atom. The van der Waals surface area contributed by atoms with Gasteiger partial charge in [0.25, 0.3) is 0 Å². The number of hydrogen-bond donors (Lipinski definition) is 1. The average molecular weight is 257 g/mol. The smallest absolute Gasteiger partial charge is 0.0959 e. The number of piperidine rings is 1. The second kappa shape index (κ2) is 7.62. The Kier molecular flexibility index (Phi) is 6.12. The van der Waals surface area contributed by atoms with E-state index < -0.39 is 0 Å². The van der Waals surface area contributed by atoms with E-state index in [2.05, 4.69) is 22.0 Å². The maximum absolute atomic E-state index is 12.1. The van der Waals surface area contributed by atoms with Crippen LogP contribution in [0, 0.1) is 5.92 Å². The summed E-state index contributed by atoms with van der Waals surface area (Å²) in [5.41, 5.74) is 0. The molecule has 0 aromatic carbocycles. The Morgan fingerprint density at radius 3 is 2.65 bits per heavy atom. The summed E-state index contributed by atoms with van der Waals surface area (Å²) in [6, 6.07) is 0. The normalized spacial score (nSPS) is 25.9. The third kappa shape index (κ3) is 4.78. The molecule has 0 saturated carbocycles. The molecule has 0 bridgehead atoms. The lowest BCUT2D eigenvalue weighted by molar-refractivity contribution is 0.0148. The molecule has 0 amide bonds. The van der Waals surface area contributed by atoms with Crippen molar-refractivity contribution < 1.29 is 5.11 Å². The van der Waals surface area contributed by atoms with E-state index in [0.29, 0.717) is 5.92 Å². The fourth-order valence-corrected chi connectivity index (χ4v) is 3.77. The Hall–Kier alpha value is 0.230. The number of thioether (sulfide) groups is 1. The van der Waals surface area contributed by atoms with Crippen molar-refractivity contribution in [3.05, 3.63) is 0 Å². The van der Waals surface area contributed by atoms with Crippen LogP contribution in [0.1, 0.15) is 25.7 Å². The zero-order chi connectivity index (χ0) is 11.9. The molecule has 1 radical (unpaired) electrons. The van der Waals surface area contributed by atoms with Gasteiger partial charge < -0.3 is 10.2 Å². The second-order valence-corrected chi connectivity index (χ2v) is 6.45. The molecule has 1 atom stereocenters. The SMILES string of the molecule is [O]C(CCCN1CCSCC1)C1CCNCC1. The fraction of sp³-hybridized carbons (Fsp3) is 1.00. The van der Waals surface area contributed by atoms with Gasteiger partial charge in [-0.05, 0) is 51.2 Å². The molecule has 0 aromatic rings. The molecular weight excluding hydrogens is 232 g/mol. The van der Waals surface area contributed by atoms with Crippen LogP contribution in [0.4, 0.5) is 0 Å². The summed E-state index contributed by atoms with van der Waals surface area (Å²) in [5.74, 6) is 2.98. The van der Waals surface area contributed by atoms with E-state index in [1.807, 2.05) is 0 Å². The van der Waals surface area contributed by atoms with Gasteiger partial charge >= 0.3 is 0 Å². The zero-order valence-electron chi connectivity index (χ0n) is 10.7. The summed E-state index contributed by atoms with van der Waals surface area (Å²) in [7, 11) is 0. The molecule has 2 saturated heterocycles. The van der Waals surface area contributed by atoms with E-state index in [1.54, 1.807) is 0 Å². The van der Waals surface area contributed by atoms with Gasteiger partial charge in [-0.1, -0.05) is 0 Å². The average Bonchev–Trinajstić information content (AvgIpc) is 2.41. The lowest BCUT2D eigenvalue weighted by Gasteiger charge is -2.28. The van der Waals surface area contributed by atoms with Crippen LogP contribution in [-0.4, -0.2) is 55.2 Å². The lowest BCUT2D eigenvalue weighted by atomic mass is 9.90. The summed E-state index contributed by atoms with van der Waals surface area (Å²) in [5, 5.41) is 15.4. The number of nitrogens with one attached hydrogen (secondary N) is 1. The number of nitrogens with zero attached hydrogens (tertiary/aromatic N) is 1.